The van der Waals surface area contributed by atoms with Crippen LogP contribution in [0.5, 0.6) is 0 Å². The third-order valence-electron chi connectivity index (χ3n) is 5.29. The number of hydrogen-bond acceptors (Lipinski definition) is 5. The normalized spacial score (nSPS) is 20.6. The van der Waals surface area contributed by atoms with E-state index in [2.05, 4.69) is 4.90 Å². The van der Waals surface area contributed by atoms with Gasteiger partial charge >= 0.3 is 12.2 Å². The summed E-state index contributed by atoms with van der Waals surface area (Å²) < 4.78 is 10.9. The number of nitrogens with zero attached hydrogens (tertiary/aromatic N) is 3. The molecule has 1 unspecified atom stereocenters. The summed E-state index contributed by atoms with van der Waals surface area (Å²) in [6.45, 7) is 11.5. The summed E-state index contributed by atoms with van der Waals surface area (Å²) in [5, 5.41) is 0. The van der Waals surface area contributed by atoms with Crippen LogP contribution >= 0.6 is 0 Å². The molecule has 160 valence electrons. The average molecular weight is 404 g/mol. The van der Waals surface area contributed by atoms with Crippen LogP contribution in [0, 0.1) is 5.92 Å². The number of rotatable bonds is 4. The molecule has 2 aliphatic rings. The summed E-state index contributed by atoms with van der Waals surface area (Å²) in [6, 6.07) is 9.74. The van der Waals surface area contributed by atoms with Gasteiger partial charge in [0.1, 0.15) is 12.2 Å². The van der Waals surface area contributed by atoms with Crippen LogP contribution in [0.4, 0.5) is 9.59 Å². The fourth-order valence-electron chi connectivity index (χ4n) is 3.76. The molecule has 3 rings (SSSR count). The van der Waals surface area contributed by atoms with Crippen molar-refractivity contribution >= 4 is 12.2 Å². The highest BCUT2D eigenvalue weighted by Crippen LogP contribution is 2.20. The van der Waals surface area contributed by atoms with E-state index in [9.17, 15) is 9.59 Å². The molecule has 0 saturated carbocycles. The molecule has 0 bridgehead atoms. The van der Waals surface area contributed by atoms with E-state index in [0.29, 0.717) is 25.6 Å². The molecule has 0 radical (unpaired) electrons. The smallest absolute Gasteiger partial charge is 0.410 e. The molecule has 2 amide bonds. The number of amides is 2. The fraction of sp³-hybridized carbons (Fsp3) is 0.636. The zero-order chi connectivity index (χ0) is 20.9. The zero-order valence-corrected chi connectivity index (χ0v) is 17.8. The van der Waals surface area contributed by atoms with E-state index in [4.69, 9.17) is 9.47 Å². The molecule has 0 N–H and O–H groups in total. The van der Waals surface area contributed by atoms with Crippen molar-refractivity contribution in [2.24, 2.45) is 5.92 Å². The fourth-order valence-corrected chi connectivity index (χ4v) is 3.76. The van der Waals surface area contributed by atoms with Gasteiger partial charge in [0, 0.05) is 45.8 Å². The van der Waals surface area contributed by atoms with E-state index in [-0.39, 0.29) is 12.2 Å². The minimum Gasteiger partial charge on any atom is -0.445 e. The van der Waals surface area contributed by atoms with E-state index in [1.54, 1.807) is 4.90 Å². The SMILES string of the molecule is CC(C)(C)OC(=O)N1CCN(CC2CCN(C(=O)OCc3ccccc3)C2)CC1. The van der Waals surface area contributed by atoms with Crippen molar-refractivity contribution in [2.75, 3.05) is 45.8 Å². The Labute approximate surface area is 173 Å². The molecular weight excluding hydrogens is 370 g/mol. The molecule has 0 aromatic heterocycles. The Balaban J connectivity index is 1.36. The number of hydrogen-bond donors (Lipinski definition) is 0. The van der Waals surface area contributed by atoms with Crippen LogP contribution in [0.15, 0.2) is 30.3 Å². The quantitative estimate of drug-likeness (QED) is 0.773. The van der Waals surface area contributed by atoms with Gasteiger partial charge in [-0.2, -0.15) is 0 Å². The van der Waals surface area contributed by atoms with E-state index in [1.165, 1.54) is 0 Å². The monoisotopic (exact) mass is 403 g/mol. The first-order valence-electron chi connectivity index (χ1n) is 10.5. The van der Waals surface area contributed by atoms with Crippen molar-refractivity contribution in [3.05, 3.63) is 35.9 Å². The number of carbonyl (C=O) groups excluding carboxylic acids is 2. The Kier molecular flexibility index (Phi) is 7.00. The van der Waals surface area contributed by atoms with Gasteiger partial charge in [0.2, 0.25) is 0 Å². The molecule has 1 aromatic carbocycles. The summed E-state index contributed by atoms with van der Waals surface area (Å²) in [7, 11) is 0. The third-order valence-corrected chi connectivity index (χ3v) is 5.29. The van der Waals surface area contributed by atoms with Crippen LogP contribution in [0.1, 0.15) is 32.8 Å². The topological polar surface area (TPSA) is 62.3 Å². The zero-order valence-electron chi connectivity index (χ0n) is 17.8. The van der Waals surface area contributed by atoms with Crippen LogP contribution in [0.2, 0.25) is 0 Å². The Morgan fingerprint density at radius 1 is 0.966 bits per heavy atom. The Hall–Kier alpha value is -2.28. The van der Waals surface area contributed by atoms with E-state index < -0.39 is 5.60 Å². The van der Waals surface area contributed by atoms with Gasteiger partial charge in [-0.3, -0.25) is 4.90 Å². The second-order valence-corrected chi connectivity index (χ2v) is 8.91. The molecule has 1 aromatic rings. The van der Waals surface area contributed by atoms with E-state index in [1.807, 2.05) is 56.0 Å². The lowest BCUT2D eigenvalue weighted by Gasteiger charge is -2.36. The van der Waals surface area contributed by atoms with Crippen LogP contribution in [0.25, 0.3) is 0 Å². The van der Waals surface area contributed by atoms with Gasteiger partial charge in [-0.1, -0.05) is 30.3 Å². The van der Waals surface area contributed by atoms with Gasteiger partial charge in [-0.25, -0.2) is 9.59 Å². The maximum Gasteiger partial charge on any atom is 0.410 e. The standard InChI is InChI=1S/C22H33N3O4/c1-22(2,3)29-21(27)24-13-11-23(12-14-24)15-19-9-10-25(16-19)20(26)28-17-18-7-5-4-6-8-18/h4-8,19H,9-17H2,1-3H3. The van der Waals surface area contributed by atoms with Gasteiger partial charge in [0.15, 0.2) is 0 Å². The number of piperazine rings is 1. The lowest BCUT2D eigenvalue weighted by Crippen LogP contribution is -2.51. The molecule has 7 nitrogen and oxygen atoms in total. The largest absolute Gasteiger partial charge is 0.445 e. The molecule has 1 atom stereocenters. The number of carbonyl (C=O) groups is 2. The highest BCUT2D eigenvalue weighted by Gasteiger charge is 2.31. The predicted octanol–water partition coefficient (Wildman–Crippen LogP) is 3.20. The van der Waals surface area contributed by atoms with Crippen molar-refractivity contribution in [1.82, 2.24) is 14.7 Å². The highest BCUT2D eigenvalue weighted by molar-refractivity contribution is 5.68. The Bertz CT molecular complexity index is 681. The summed E-state index contributed by atoms with van der Waals surface area (Å²) in [5.41, 5.74) is 0.538. The molecule has 0 spiro atoms. The number of benzene rings is 1. The Morgan fingerprint density at radius 3 is 2.31 bits per heavy atom. The minimum absolute atomic E-state index is 0.230. The lowest BCUT2D eigenvalue weighted by atomic mass is 10.1. The van der Waals surface area contributed by atoms with Crippen LogP contribution in [0.3, 0.4) is 0 Å². The molecule has 2 aliphatic heterocycles. The van der Waals surface area contributed by atoms with Gasteiger partial charge in [0.05, 0.1) is 0 Å². The van der Waals surface area contributed by atoms with Gasteiger partial charge < -0.3 is 19.3 Å². The van der Waals surface area contributed by atoms with Crippen LogP contribution in [-0.2, 0) is 16.1 Å². The third kappa shape index (κ3) is 6.63. The maximum absolute atomic E-state index is 12.3. The molecule has 2 saturated heterocycles. The first-order valence-corrected chi connectivity index (χ1v) is 10.5. The van der Waals surface area contributed by atoms with E-state index >= 15 is 0 Å². The van der Waals surface area contributed by atoms with Gasteiger partial charge in [-0.05, 0) is 38.7 Å². The van der Waals surface area contributed by atoms with Crippen LogP contribution < -0.4 is 0 Å². The molecule has 2 fully saturated rings. The van der Waals surface area contributed by atoms with Crippen LogP contribution in [-0.4, -0.2) is 78.3 Å². The molecule has 7 heteroatoms. The first-order chi connectivity index (χ1) is 13.8. The highest BCUT2D eigenvalue weighted by atomic mass is 16.6. The van der Waals surface area contributed by atoms with E-state index in [0.717, 1.165) is 44.7 Å². The summed E-state index contributed by atoms with van der Waals surface area (Å²) in [5.74, 6) is 0.451. The Morgan fingerprint density at radius 2 is 1.66 bits per heavy atom. The van der Waals surface area contributed by atoms with Crippen molar-refractivity contribution in [3.63, 3.8) is 0 Å². The molecule has 0 aliphatic carbocycles. The second kappa shape index (κ2) is 9.48. The second-order valence-electron chi connectivity index (χ2n) is 8.91. The summed E-state index contributed by atoms with van der Waals surface area (Å²) in [4.78, 5) is 30.5. The molecule has 29 heavy (non-hydrogen) atoms. The number of ether oxygens (including phenoxy) is 2. The van der Waals surface area contributed by atoms with Crippen molar-refractivity contribution in [2.45, 2.75) is 39.4 Å². The maximum atomic E-state index is 12.3. The van der Waals surface area contributed by atoms with Gasteiger partial charge in [-0.15, -0.1) is 0 Å². The van der Waals surface area contributed by atoms with Gasteiger partial charge in [0.25, 0.3) is 0 Å². The van der Waals surface area contributed by atoms with Crippen molar-refractivity contribution < 1.29 is 19.1 Å². The lowest BCUT2D eigenvalue weighted by molar-refractivity contribution is 0.0133. The average Bonchev–Trinajstić information content (AvgIpc) is 3.15. The van der Waals surface area contributed by atoms with Crippen molar-refractivity contribution in [1.29, 1.82) is 0 Å². The molecule has 2 heterocycles. The van der Waals surface area contributed by atoms with Crippen molar-refractivity contribution in [3.8, 4) is 0 Å². The predicted molar refractivity (Wildman–Crippen MR) is 111 cm³/mol. The molecular formula is C22H33N3O4. The first kappa shape index (κ1) is 21.4. The number of likely N-dealkylation sites (tertiary alicyclic amines) is 1. The summed E-state index contributed by atoms with van der Waals surface area (Å²) in [6.07, 6.45) is 0.531. The summed E-state index contributed by atoms with van der Waals surface area (Å²) >= 11 is 0. The minimum atomic E-state index is -0.462.